The van der Waals surface area contributed by atoms with Crippen molar-refractivity contribution in [1.29, 1.82) is 0 Å². The largest absolute Gasteiger partial charge is 0.497 e. The number of piperidine rings is 1. The van der Waals surface area contributed by atoms with E-state index in [1.807, 2.05) is 4.90 Å². The Morgan fingerprint density at radius 1 is 1.07 bits per heavy atom. The van der Waals surface area contributed by atoms with Crippen molar-refractivity contribution in [2.24, 2.45) is 0 Å². The summed E-state index contributed by atoms with van der Waals surface area (Å²) in [6, 6.07) is 10.6. The fraction of sp³-hybridized carbons (Fsp3) is 0.522. The summed E-state index contributed by atoms with van der Waals surface area (Å²) >= 11 is 0. The second-order valence-electron chi connectivity index (χ2n) is 8.74. The normalized spacial score (nSPS) is 16.2. The molecule has 30 heavy (non-hydrogen) atoms. The zero-order chi connectivity index (χ0) is 21.9. The van der Waals surface area contributed by atoms with E-state index in [9.17, 15) is 9.59 Å². The summed E-state index contributed by atoms with van der Waals surface area (Å²) < 4.78 is 12.5. The van der Waals surface area contributed by atoms with E-state index in [1.54, 1.807) is 55.1 Å². The van der Waals surface area contributed by atoms with Crippen LogP contribution in [0.1, 0.15) is 52.3 Å². The van der Waals surface area contributed by atoms with E-state index in [0.29, 0.717) is 31.7 Å². The molecule has 2 aromatic rings. The van der Waals surface area contributed by atoms with Crippen LogP contribution in [0.25, 0.3) is 0 Å². The monoisotopic (exact) mass is 413 g/mol. The maximum absolute atomic E-state index is 12.8. The van der Waals surface area contributed by atoms with E-state index >= 15 is 0 Å². The van der Waals surface area contributed by atoms with E-state index in [4.69, 9.17) is 9.47 Å². The number of methoxy groups -OCH3 is 1. The molecule has 3 rings (SSSR count). The van der Waals surface area contributed by atoms with E-state index < -0.39 is 6.10 Å². The zero-order valence-corrected chi connectivity index (χ0v) is 18.4. The van der Waals surface area contributed by atoms with Gasteiger partial charge in [0.2, 0.25) is 0 Å². The summed E-state index contributed by atoms with van der Waals surface area (Å²) in [4.78, 5) is 27.0. The fourth-order valence-corrected chi connectivity index (χ4v) is 3.58. The van der Waals surface area contributed by atoms with Crippen LogP contribution in [0.4, 0.5) is 0 Å². The topological polar surface area (TPSA) is 73.7 Å². The molecule has 1 fully saturated rings. The minimum atomic E-state index is -0.583. The molecular weight excluding hydrogens is 382 g/mol. The number of hydrogen-bond acceptors (Lipinski definition) is 5. The van der Waals surface area contributed by atoms with Crippen molar-refractivity contribution in [2.75, 3.05) is 20.2 Å². The Kier molecular flexibility index (Phi) is 6.48. The van der Waals surface area contributed by atoms with Crippen molar-refractivity contribution in [3.63, 3.8) is 0 Å². The van der Waals surface area contributed by atoms with Gasteiger partial charge in [0, 0.05) is 24.6 Å². The highest BCUT2D eigenvalue weighted by molar-refractivity contribution is 5.81. The van der Waals surface area contributed by atoms with Gasteiger partial charge in [-0.25, -0.2) is 4.68 Å². The molecule has 0 N–H and O–H groups in total. The van der Waals surface area contributed by atoms with Crippen LogP contribution >= 0.6 is 0 Å². The zero-order valence-electron chi connectivity index (χ0n) is 18.4. The van der Waals surface area contributed by atoms with Crippen molar-refractivity contribution >= 4 is 5.91 Å². The lowest BCUT2D eigenvalue weighted by atomic mass is 9.92. The molecule has 1 atom stereocenters. The third-order valence-electron chi connectivity index (χ3n) is 5.44. The van der Waals surface area contributed by atoms with E-state index in [1.165, 1.54) is 0 Å². The van der Waals surface area contributed by atoms with Gasteiger partial charge >= 0.3 is 0 Å². The lowest BCUT2D eigenvalue weighted by molar-refractivity contribution is -0.139. The molecule has 0 bridgehead atoms. The van der Waals surface area contributed by atoms with Crippen LogP contribution in [0, 0.1) is 0 Å². The fourth-order valence-electron chi connectivity index (χ4n) is 3.58. The second-order valence-corrected chi connectivity index (χ2v) is 8.74. The number of benzene rings is 1. The number of amides is 1. The smallest absolute Gasteiger partial charge is 0.267 e. The van der Waals surface area contributed by atoms with Gasteiger partial charge in [0.1, 0.15) is 11.5 Å². The van der Waals surface area contributed by atoms with Gasteiger partial charge in [0.25, 0.3) is 11.5 Å². The number of likely N-dealkylation sites (tertiary alicyclic amines) is 1. The summed E-state index contributed by atoms with van der Waals surface area (Å²) in [6.45, 7) is 9.15. The molecule has 1 unspecified atom stereocenters. The molecule has 1 aromatic heterocycles. The van der Waals surface area contributed by atoms with Crippen LogP contribution in [0.5, 0.6) is 11.5 Å². The van der Waals surface area contributed by atoms with Crippen molar-refractivity contribution in [3.05, 3.63) is 52.4 Å². The number of aromatic nitrogens is 2. The molecule has 1 amide bonds. The predicted molar refractivity (Wildman–Crippen MR) is 115 cm³/mol. The maximum atomic E-state index is 12.8. The predicted octanol–water partition coefficient (Wildman–Crippen LogP) is 3.18. The van der Waals surface area contributed by atoms with Crippen molar-refractivity contribution in [2.45, 2.75) is 58.1 Å². The van der Waals surface area contributed by atoms with Gasteiger partial charge in [0.15, 0.2) is 6.10 Å². The Morgan fingerprint density at radius 3 is 2.23 bits per heavy atom. The molecule has 1 aliphatic rings. The second kappa shape index (κ2) is 8.90. The molecule has 7 heteroatoms. The standard InChI is InChI=1S/C23H31N3O4/c1-16(30-19-8-6-18(29-5)7-9-19)22(28)25-14-12-17(13-15-25)26-21(27)11-10-20(24-26)23(2,3)4/h6-11,16-17H,12-15H2,1-5H3. The molecule has 1 saturated heterocycles. The summed E-state index contributed by atoms with van der Waals surface area (Å²) in [6.07, 6.45) is 0.809. The highest BCUT2D eigenvalue weighted by Gasteiger charge is 2.29. The Balaban J connectivity index is 1.61. The van der Waals surface area contributed by atoms with Gasteiger partial charge in [-0.3, -0.25) is 9.59 Å². The van der Waals surface area contributed by atoms with Gasteiger partial charge in [-0.05, 0) is 50.1 Å². The third kappa shape index (κ3) is 5.01. The number of hydrogen-bond donors (Lipinski definition) is 0. The SMILES string of the molecule is COc1ccc(OC(C)C(=O)N2CCC(n3nc(C(C)(C)C)ccc3=O)CC2)cc1. The molecular formula is C23H31N3O4. The molecule has 7 nitrogen and oxygen atoms in total. The van der Waals surface area contributed by atoms with Crippen LogP contribution in [0.3, 0.4) is 0 Å². The van der Waals surface area contributed by atoms with Crippen molar-refractivity contribution < 1.29 is 14.3 Å². The molecule has 0 aliphatic carbocycles. The molecule has 1 aliphatic heterocycles. The van der Waals surface area contributed by atoms with Gasteiger partial charge in [-0.1, -0.05) is 20.8 Å². The van der Waals surface area contributed by atoms with E-state index in [-0.39, 0.29) is 22.9 Å². The number of carbonyl (C=O) groups excluding carboxylic acids is 1. The molecule has 1 aromatic carbocycles. The van der Waals surface area contributed by atoms with E-state index in [0.717, 1.165) is 11.4 Å². The summed E-state index contributed by atoms with van der Waals surface area (Å²) in [7, 11) is 1.61. The van der Waals surface area contributed by atoms with Crippen molar-refractivity contribution in [3.8, 4) is 11.5 Å². The minimum absolute atomic E-state index is 0.00154. The van der Waals surface area contributed by atoms with Crippen LogP contribution in [-0.2, 0) is 10.2 Å². The average Bonchev–Trinajstić information content (AvgIpc) is 2.73. The summed E-state index contributed by atoms with van der Waals surface area (Å²) in [5.74, 6) is 1.32. The van der Waals surface area contributed by atoms with Gasteiger partial charge < -0.3 is 14.4 Å². The lowest BCUT2D eigenvalue weighted by Crippen LogP contribution is -2.46. The molecule has 0 radical (unpaired) electrons. The quantitative estimate of drug-likeness (QED) is 0.753. The number of nitrogens with zero attached hydrogens (tertiary/aromatic N) is 3. The van der Waals surface area contributed by atoms with Crippen LogP contribution in [0.15, 0.2) is 41.2 Å². The minimum Gasteiger partial charge on any atom is -0.497 e. The average molecular weight is 414 g/mol. The summed E-state index contributed by atoms with van der Waals surface area (Å²) in [5, 5.41) is 4.61. The first-order valence-corrected chi connectivity index (χ1v) is 10.4. The number of ether oxygens (including phenoxy) is 2. The van der Waals surface area contributed by atoms with Gasteiger partial charge in [-0.2, -0.15) is 5.10 Å². The molecule has 162 valence electrons. The number of carbonyl (C=O) groups is 1. The number of rotatable bonds is 5. The highest BCUT2D eigenvalue weighted by atomic mass is 16.5. The van der Waals surface area contributed by atoms with Gasteiger partial charge in [-0.15, -0.1) is 0 Å². The Labute approximate surface area is 177 Å². The maximum Gasteiger partial charge on any atom is 0.267 e. The highest BCUT2D eigenvalue weighted by Crippen LogP contribution is 2.24. The lowest BCUT2D eigenvalue weighted by Gasteiger charge is -2.34. The summed E-state index contributed by atoms with van der Waals surface area (Å²) in [5.41, 5.74) is 0.673. The Bertz CT molecular complexity index is 923. The molecule has 0 spiro atoms. The third-order valence-corrected chi connectivity index (χ3v) is 5.44. The van der Waals surface area contributed by atoms with Crippen LogP contribution in [-0.4, -0.2) is 46.9 Å². The molecule has 2 heterocycles. The van der Waals surface area contributed by atoms with Gasteiger partial charge in [0.05, 0.1) is 18.8 Å². The van der Waals surface area contributed by atoms with Crippen molar-refractivity contribution in [1.82, 2.24) is 14.7 Å². The van der Waals surface area contributed by atoms with Crippen LogP contribution < -0.4 is 15.0 Å². The van der Waals surface area contributed by atoms with Crippen LogP contribution in [0.2, 0.25) is 0 Å². The molecule has 0 saturated carbocycles. The Morgan fingerprint density at radius 2 is 1.67 bits per heavy atom. The van der Waals surface area contributed by atoms with E-state index in [2.05, 4.69) is 25.9 Å². The first-order valence-electron chi connectivity index (χ1n) is 10.4. The first kappa shape index (κ1) is 21.9. The first-order chi connectivity index (χ1) is 14.2. The Hall–Kier alpha value is -2.83.